The first-order valence-electron chi connectivity index (χ1n) is 13.5. The summed E-state index contributed by atoms with van der Waals surface area (Å²) in [6.45, 7) is 3.28. The molecule has 0 radical (unpaired) electrons. The average Bonchev–Trinajstić information content (AvgIpc) is 3.56. The molecule has 3 aromatic rings. The van der Waals surface area contributed by atoms with Crippen molar-refractivity contribution in [3.63, 3.8) is 0 Å². The Labute approximate surface area is 214 Å². The predicted molar refractivity (Wildman–Crippen MR) is 141 cm³/mol. The van der Waals surface area contributed by atoms with Crippen molar-refractivity contribution in [1.82, 2.24) is 29.7 Å². The van der Waals surface area contributed by atoms with Gasteiger partial charge in [-0.15, -0.1) is 0 Å². The second kappa shape index (κ2) is 12.2. The number of rotatable bonds is 9. The molecule has 7 nitrogen and oxygen atoms in total. The zero-order valence-electron chi connectivity index (χ0n) is 21.1. The quantitative estimate of drug-likeness (QED) is 0.412. The first-order chi connectivity index (χ1) is 17.7. The van der Waals surface area contributed by atoms with Crippen LogP contribution in [0.3, 0.4) is 0 Å². The van der Waals surface area contributed by atoms with E-state index in [-0.39, 0.29) is 5.91 Å². The summed E-state index contributed by atoms with van der Waals surface area (Å²) in [5, 5.41) is 0. The molecule has 2 N–H and O–H groups in total. The van der Waals surface area contributed by atoms with E-state index in [1.54, 1.807) is 29.7 Å². The fourth-order valence-corrected chi connectivity index (χ4v) is 5.69. The van der Waals surface area contributed by atoms with Crippen LogP contribution in [0.1, 0.15) is 72.5 Å². The second-order valence-corrected chi connectivity index (χ2v) is 10.2. The van der Waals surface area contributed by atoms with Gasteiger partial charge in [-0.2, -0.15) is 0 Å². The molecule has 7 heteroatoms. The molecular formula is C29H38N6O. The van der Waals surface area contributed by atoms with Crippen molar-refractivity contribution in [1.29, 1.82) is 0 Å². The van der Waals surface area contributed by atoms with Gasteiger partial charge in [-0.25, -0.2) is 9.97 Å². The number of nitrogens with one attached hydrogen (secondary N) is 2. The Hall–Kier alpha value is -3.19. The van der Waals surface area contributed by atoms with E-state index in [2.05, 4.69) is 49.1 Å². The standard InChI is InChI=1S/C29H38N6O/c36-29(35(21-27-30-15-16-31-27)22-28-32-17-18-33-28)25-11-7-23(8-12-25)5-6-24-9-13-26(14-10-24)34-19-3-1-2-4-20-34/h1-2,7-8,11-12,15-18,24,26H,3-6,9-10,13-14,19-22H2,(H,30,31)(H,32,33). The van der Waals surface area contributed by atoms with Gasteiger partial charge in [0.15, 0.2) is 0 Å². The van der Waals surface area contributed by atoms with Gasteiger partial charge in [0, 0.05) is 49.5 Å². The first-order valence-corrected chi connectivity index (χ1v) is 13.5. The first kappa shape index (κ1) is 24.5. The number of benzene rings is 1. The van der Waals surface area contributed by atoms with Crippen LogP contribution < -0.4 is 0 Å². The molecule has 1 saturated carbocycles. The molecule has 5 rings (SSSR count). The maximum Gasteiger partial charge on any atom is 0.254 e. The van der Waals surface area contributed by atoms with Gasteiger partial charge in [0.2, 0.25) is 0 Å². The maximum atomic E-state index is 13.3. The highest BCUT2D eigenvalue weighted by molar-refractivity contribution is 5.94. The van der Waals surface area contributed by atoms with Gasteiger partial charge in [-0.3, -0.25) is 9.69 Å². The van der Waals surface area contributed by atoms with E-state index in [1.165, 1.54) is 63.6 Å². The number of hydrogen-bond acceptors (Lipinski definition) is 4. The number of aromatic amines is 2. The van der Waals surface area contributed by atoms with E-state index in [4.69, 9.17) is 0 Å². The number of imidazole rings is 2. The maximum absolute atomic E-state index is 13.3. The number of nitrogens with zero attached hydrogens (tertiary/aromatic N) is 4. The Balaban J connectivity index is 1.12. The second-order valence-electron chi connectivity index (χ2n) is 10.2. The summed E-state index contributed by atoms with van der Waals surface area (Å²) in [6.07, 6.45) is 21.8. The molecule has 36 heavy (non-hydrogen) atoms. The van der Waals surface area contributed by atoms with E-state index >= 15 is 0 Å². The van der Waals surface area contributed by atoms with Crippen LogP contribution in [-0.2, 0) is 19.5 Å². The molecule has 1 fully saturated rings. The zero-order valence-corrected chi connectivity index (χ0v) is 21.1. The third-order valence-corrected chi connectivity index (χ3v) is 7.79. The third-order valence-electron chi connectivity index (χ3n) is 7.79. The Kier molecular flexibility index (Phi) is 8.28. The minimum atomic E-state index is -0.0172. The molecule has 0 saturated heterocycles. The van der Waals surface area contributed by atoms with Crippen LogP contribution in [0.4, 0.5) is 0 Å². The number of aryl methyl sites for hydroxylation is 1. The molecular weight excluding hydrogens is 448 g/mol. The fraction of sp³-hybridized carbons (Fsp3) is 0.483. The molecule has 0 atom stereocenters. The summed E-state index contributed by atoms with van der Waals surface area (Å²) in [4.78, 5) is 32.6. The van der Waals surface area contributed by atoms with Gasteiger partial charge >= 0.3 is 0 Å². The van der Waals surface area contributed by atoms with Gasteiger partial charge in [-0.1, -0.05) is 24.3 Å². The summed E-state index contributed by atoms with van der Waals surface area (Å²) in [5.41, 5.74) is 2.01. The molecule has 1 amide bonds. The van der Waals surface area contributed by atoms with E-state index in [0.29, 0.717) is 18.7 Å². The molecule has 1 aromatic carbocycles. The highest BCUT2D eigenvalue weighted by Gasteiger charge is 2.25. The molecule has 2 aliphatic rings. The summed E-state index contributed by atoms with van der Waals surface area (Å²) in [6, 6.07) is 8.98. The number of carbonyl (C=O) groups excluding carboxylic acids is 1. The van der Waals surface area contributed by atoms with Crippen molar-refractivity contribution in [3.8, 4) is 0 Å². The van der Waals surface area contributed by atoms with Gasteiger partial charge < -0.3 is 14.9 Å². The minimum absolute atomic E-state index is 0.0172. The highest BCUT2D eigenvalue weighted by Crippen LogP contribution is 2.31. The van der Waals surface area contributed by atoms with Crippen LogP contribution in [0.5, 0.6) is 0 Å². The Morgan fingerprint density at radius 3 is 2.06 bits per heavy atom. The van der Waals surface area contributed by atoms with Gasteiger partial charge in [0.25, 0.3) is 5.91 Å². The molecule has 0 bridgehead atoms. The number of aromatic nitrogens is 4. The number of hydrogen-bond donors (Lipinski definition) is 2. The van der Waals surface area contributed by atoms with Crippen molar-refractivity contribution < 1.29 is 4.79 Å². The van der Waals surface area contributed by atoms with Crippen molar-refractivity contribution in [2.75, 3.05) is 13.1 Å². The fourth-order valence-electron chi connectivity index (χ4n) is 5.69. The lowest BCUT2D eigenvalue weighted by Gasteiger charge is -2.36. The SMILES string of the molecule is O=C(c1ccc(CCC2CCC(N3CCC=CCC3)CC2)cc1)N(Cc1ncc[nH]1)Cc1ncc[nH]1. The van der Waals surface area contributed by atoms with Crippen molar-refractivity contribution in [2.24, 2.45) is 5.92 Å². The van der Waals surface area contributed by atoms with E-state index in [9.17, 15) is 4.79 Å². The molecule has 190 valence electrons. The molecule has 3 heterocycles. The van der Waals surface area contributed by atoms with Crippen LogP contribution in [0.2, 0.25) is 0 Å². The zero-order chi connectivity index (χ0) is 24.6. The van der Waals surface area contributed by atoms with Crippen molar-refractivity contribution in [3.05, 3.63) is 84.0 Å². The van der Waals surface area contributed by atoms with Crippen molar-refractivity contribution >= 4 is 5.91 Å². The van der Waals surface area contributed by atoms with Crippen LogP contribution in [0, 0.1) is 5.92 Å². The predicted octanol–water partition coefficient (Wildman–Crippen LogP) is 5.12. The molecule has 2 aromatic heterocycles. The average molecular weight is 487 g/mol. The topological polar surface area (TPSA) is 80.9 Å². The number of H-pyrrole nitrogens is 2. The lowest BCUT2D eigenvalue weighted by molar-refractivity contribution is 0.0721. The molecule has 1 aliphatic heterocycles. The Morgan fingerprint density at radius 2 is 1.50 bits per heavy atom. The summed E-state index contributed by atoms with van der Waals surface area (Å²) in [5.74, 6) is 2.32. The van der Waals surface area contributed by atoms with E-state index < -0.39 is 0 Å². The van der Waals surface area contributed by atoms with Crippen LogP contribution in [0.15, 0.2) is 61.2 Å². The van der Waals surface area contributed by atoms with Crippen LogP contribution in [0.25, 0.3) is 0 Å². The number of amides is 1. The highest BCUT2D eigenvalue weighted by atomic mass is 16.2. The summed E-state index contributed by atoms with van der Waals surface area (Å²) >= 11 is 0. The smallest absolute Gasteiger partial charge is 0.254 e. The number of carbonyl (C=O) groups is 1. The van der Waals surface area contributed by atoms with Gasteiger partial charge in [-0.05, 0) is 75.0 Å². The normalized spacial score (nSPS) is 20.8. The van der Waals surface area contributed by atoms with Gasteiger partial charge in [0.05, 0.1) is 13.1 Å². The molecule has 0 unspecified atom stereocenters. The van der Waals surface area contributed by atoms with Gasteiger partial charge in [0.1, 0.15) is 11.6 Å². The van der Waals surface area contributed by atoms with E-state index in [0.717, 1.165) is 30.0 Å². The van der Waals surface area contributed by atoms with Crippen LogP contribution in [-0.4, -0.2) is 54.8 Å². The monoisotopic (exact) mass is 486 g/mol. The lowest BCUT2D eigenvalue weighted by atomic mass is 9.82. The minimum Gasteiger partial charge on any atom is -0.347 e. The Morgan fingerprint density at radius 1 is 0.889 bits per heavy atom. The van der Waals surface area contributed by atoms with Crippen LogP contribution >= 0.6 is 0 Å². The molecule has 0 spiro atoms. The summed E-state index contributed by atoms with van der Waals surface area (Å²) < 4.78 is 0. The molecule has 1 aliphatic carbocycles. The lowest BCUT2D eigenvalue weighted by Crippen LogP contribution is -2.38. The third kappa shape index (κ3) is 6.52. The summed E-state index contributed by atoms with van der Waals surface area (Å²) in [7, 11) is 0. The van der Waals surface area contributed by atoms with Crippen molar-refractivity contribution in [2.45, 2.75) is 70.5 Å². The Bertz CT molecular complexity index is 1040. The largest absolute Gasteiger partial charge is 0.347 e. The van der Waals surface area contributed by atoms with E-state index in [1.807, 2.05) is 12.1 Å².